The van der Waals surface area contributed by atoms with Crippen LogP contribution < -0.4 is 10.6 Å². The molecule has 0 spiro atoms. The summed E-state index contributed by atoms with van der Waals surface area (Å²) < 4.78 is 13.2. The van der Waals surface area contributed by atoms with Crippen molar-refractivity contribution in [1.29, 1.82) is 0 Å². The number of nitrogens with zero attached hydrogens (tertiary/aromatic N) is 1. The van der Waals surface area contributed by atoms with Crippen LogP contribution >= 0.6 is 0 Å². The van der Waals surface area contributed by atoms with Crippen molar-refractivity contribution < 1.29 is 9.50 Å². The smallest absolute Gasteiger partial charge is 0.123 e. The molecule has 2 unspecified atom stereocenters. The number of benzene rings is 1. The maximum Gasteiger partial charge on any atom is 0.123 e. The number of hydrogen-bond acceptors (Lipinski definition) is 3. The highest BCUT2D eigenvalue weighted by Crippen LogP contribution is 2.32. The van der Waals surface area contributed by atoms with Crippen molar-refractivity contribution in [2.75, 3.05) is 18.1 Å². The lowest BCUT2D eigenvalue weighted by atomic mass is 10.0. The van der Waals surface area contributed by atoms with E-state index in [-0.39, 0.29) is 18.5 Å². The lowest BCUT2D eigenvalue weighted by molar-refractivity contribution is 0.244. The highest BCUT2D eigenvalue weighted by molar-refractivity contribution is 5.55. The minimum absolute atomic E-state index is 0.116. The van der Waals surface area contributed by atoms with Gasteiger partial charge in [-0.05, 0) is 36.1 Å². The van der Waals surface area contributed by atoms with Gasteiger partial charge in [0.05, 0.1) is 12.6 Å². The summed E-state index contributed by atoms with van der Waals surface area (Å²) >= 11 is 0. The van der Waals surface area contributed by atoms with Gasteiger partial charge in [-0.2, -0.15) is 0 Å². The third-order valence-corrected chi connectivity index (χ3v) is 3.64. The molecule has 0 aromatic heterocycles. The number of halogens is 1. The molecule has 4 heteroatoms. The first-order chi connectivity index (χ1) is 8.17. The number of anilines is 1. The first kappa shape index (κ1) is 12.3. The van der Waals surface area contributed by atoms with Crippen molar-refractivity contribution in [3.05, 3.63) is 29.6 Å². The number of nitrogens with two attached hydrogens (primary N) is 1. The van der Waals surface area contributed by atoms with E-state index in [0.717, 1.165) is 24.2 Å². The van der Waals surface area contributed by atoms with Gasteiger partial charge < -0.3 is 15.7 Å². The molecule has 1 aromatic rings. The van der Waals surface area contributed by atoms with E-state index in [2.05, 4.69) is 11.8 Å². The Morgan fingerprint density at radius 2 is 2.29 bits per heavy atom. The van der Waals surface area contributed by atoms with Gasteiger partial charge in [-0.1, -0.05) is 6.92 Å². The second-order valence-electron chi connectivity index (χ2n) is 4.69. The van der Waals surface area contributed by atoms with Gasteiger partial charge >= 0.3 is 0 Å². The third-order valence-electron chi connectivity index (χ3n) is 3.64. The number of hydrogen-bond donors (Lipinski definition) is 2. The van der Waals surface area contributed by atoms with Gasteiger partial charge in [-0.15, -0.1) is 0 Å². The molecule has 17 heavy (non-hydrogen) atoms. The Balaban J connectivity index is 2.33. The molecular weight excluding hydrogens is 219 g/mol. The van der Waals surface area contributed by atoms with Crippen LogP contribution in [0.2, 0.25) is 0 Å². The highest BCUT2D eigenvalue weighted by atomic mass is 19.1. The van der Waals surface area contributed by atoms with Crippen molar-refractivity contribution in [1.82, 2.24) is 0 Å². The molecule has 94 valence electrons. The summed E-state index contributed by atoms with van der Waals surface area (Å²) in [6, 6.07) is 4.81. The van der Waals surface area contributed by atoms with Gasteiger partial charge in [0, 0.05) is 18.8 Å². The summed E-state index contributed by atoms with van der Waals surface area (Å²) in [5.41, 5.74) is 7.41. The van der Waals surface area contributed by atoms with Crippen molar-refractivity contribution in [3.63, 3.8) is 0 Å². The van der Waals surface area contributed by atoms with E-state index in [0.29, 0.717) is 12.5 Å². The number of aliphatic hydroxyl groups is 1. The van der Waals surface area contributed by atoms with Gasteiger partial charge in [0.1, 0.15) is 5.82 Å². The predicted octanol–water partition coefficient (Wildman–Crippen LogP) is 1.49. The molecule has 1 saturated heterocycles. The maximum atomic E-state index is 13.2. The molecule has 1 heterocycles. The van der Waals surface area contributed by atoms with Crippen LogP contribution in [0.1, 0.15) is 18.9 Å². The molecule has 1 fully saturated rings. The molecule has 3 nitrogen and oxygen atoms in total. The van der Waals surface area contributed by atoms with Gasteiger partial charge in [-0.3, -0.25) is 0 Å². The molecule has 2 rings (SSSR count). The quantitative estimate of drug-likeness (QED) is 0.839. The van der Waals surface area contributed by atoms with Gasteiger partial charge in [0.25, 0.3) is 0 Å². The fraction of sp³-hybridized carbons (Fsp3) is 0.538. The fourth-order valence-corrected chi connectivity index (χ4v) is 2.58. The molecule has 1 aliphatic rings. The van der Waals surface area contributed by atoms with Gasteiger partial charge in [0.2, 0.25) is 0 Å². The first-order valence-corrected chi connectivity index (χ1v) is 6.03. The van der Waals surface area contributed by atoms with E-state index in [9.17, 15) is 9.50 Å². The van der Waals surface area contributed by atoms with Crippen molar-refractivity contribution in [2.45, 2.75) is 25.9 Å². The number of rotatable bonds is 3. The number of aliphatic hydroxyl groups excluding tert-OH is 1. The van der Waals surface area contributed by atoms with E-state index in [1.54, 1.807) is 6.07 Å². The summed E-state index contributed by atoms with van der Waals surface area (Å²) in [5, 5.41) is 9.44. The highest BCUT2D eigenvalue weighted by Gasteiger charge is 2.31. The molecule has 0 aliphatic carbocycles. The summed E-state index contributed by atoms with van der Waals surface area (Å²) in [4.78, 5) is 2.15. The average Bonchev–Trinajstić information content (AvgIpc) is 2.70. The van der Waals surface area contributed by atoms with Crippen LogP contribution in [0.3, 0.4) is 0 Å². The Morgan fingerprint density at radius 1 is 1.53 bits per heavy atom. The Morgan fingerprint density at radius 3 is 2.94 bits per heavy atom. The first-order valence-electron chi connectivity index (χ1n) is 6.03. The largest absolute Gasteiger partial charge is 0.394 e. The molecule has 1 aliphatic heterocycles. The monoisotopic (exact) mass is 238 g/mol. The summed E-state index contributed by atoms with van der Waals surface area (Å²) in [7, 11) is 0. The Kier molecular flexibility index (Phi) is 3.64. The topological polar surface area (TPSA) is 49.5 Å². The van der Waals surface area contributed by atoms with Crippen molar-refractivity contribution in [3.8, 4) is 0 Å². The van der Waals surface area contributed by atoms with Gasteiger partial charge in [-0.25, -0.2) is 4.39 Å². The summed E-state index contributed by atoms with van der Waals surface area (Å²) in [6.07, 6.45) is 1.05. The predicted molar refractivity (Wildman–Crippen MR) is 66.3 cm³/mol. The van der Waals surface area contributed by atoms with E-state index in [1.807, 2.05) is 0 Å². The molecule has 1 aromatic carbocycles. The molecular formula is C13H19FN2O. The second kappa shape index (κ2) is 5.02. The Bertz CT molecular complexity index is 397. The van der Waals surface area contributed by atoms with Crippen LogP contribution in [-0.4, -0.2) is 24.3 Å². The lowest BCUT2D eigenvalue weighted by Gasteiger charge is -2.29. The van der Waals surface area contributed by atoms with Crippen LogP contribution in [-0.2, 0) is 6.54 Å². The Hall–Kier alpha value is -1.13. The zero-order valence-electron chi connectivity index (χ0n) is 10.1. The summed E-state index contributed by atoms with van der Waals surface area (Å²) in [6.45, 7) is 3.47. The minimum Gasteiger partial charge on any atom is -0.394 e. The molecule has 2 atom stereocenters. The lowest BCUT2D eigenvalue weighted by Crippen LogP contribution is -2.36. The molecule has 0 radical (unpaired) electrons. The minimum atomic E-state index is -0.262. The molecule has 3 N–H and O–H groups in total. The fourth-order valence-electron chi connectivity index (χ4n) is 2.58. The third kappa shape index (κ3) is 2.28. The Labute approximate surface area is 101 Å². The normalized spacial score (nSPS) is 24.4. The van der Waals surface area contributed by atoms with E-state index in [4.69, 9.17) is 5.73 Å². The van der Waals surface area contributed by atoms with Crippen LogP contribution in [0.4, 0.5) is 10.1 Å². The zero-order valence-corrected chi connectivity index (χ0v) is 10.1. The molecule has 0 amide bonds. The van der Waals surface area contributed by atoms with Crippen LogP contribution in [0.15, 0.2) is 18.2 Å². The van der Waals surface area contributed by atoms with Crippen LogP contribution in [0, 0.1) is 11.7 Å². The molecule has 0 saturated carbocycles. The van der Waals surface area contributed by atoms with Crippen molar-refractivity contribution in [2.24, 2.45) is 11.7 Å². The van der Waals surface area contributed by atoms with Crippen LogP contribution in [0.25, 0.3) is 0 Å². The average molecular weight is 238 g/mol. The summed E-state index contributed by atoms with van der Waals surface area (Å²) in [5.74, 6) is 0.192. The van der Waals surface area contributed by atoms with E-state index < -0.39 is 0 Å². The SMILES string of the molecule is CC1CCN(c2ccc(F)cc2CN)C1CO. The van der Waals surface area contributed by atoms with Crippen molar-refractivity contribution >= 4 is 5.69 Å². The standard InChI is InChI=1S/C13H19FN2O/c1-9-4-5-16(13(9)8-17)12-3-2-11(14)6-10(12)7-15/h2-3,6,9,13,17H,4-5,7-8,15H2,1H3. The van der Waals surface area contributed by atoms with E-state index in [1.165, 1.54) is 12.1 Å². The second-order valence-corrected chi connectivity index (χ2v) is 4.69. The molecule has 0 bridgehead atoms. The van der Waals surface area contributed by atoms with Crippen LogP contribution in [0.5, 0.6) is 0 Å². The van der Waals surface area contributed by atoms with E-state index >= 15 is 0 Å². The zero-order chi connectivity index (χ0) is 12.4. The van der Waals surface area contributed by atoms with Gasteiger partial charge in [0.15, 0.2) is 0 Å². The maximum absolute atomic E-state index is 13.2.